The topological polar surface area (TPSA) is 81.5 Å². The lowest BCUT2D eigenvalue weighted by molar-refractivity contribution is -0.129. The molecule has 4 aromatic rings. The number of ether oxygens (including phenoxy) is 1. The monoisotopic (exact) mass is 657 g/mol. The number of amides is 1. The predicted molar refractivity (Wildman–Crippen MR) is 181 cm³/mol. The molecule has 10 heteroatoms. The molecule has 0 spiro atoms. The quantitative estimate of drug-likeness (QED) is 0.193. The van der Waals surface area contributed by atoms with E-state index in [2.05, 4.69) is 22.9 Å². The Bertz CT molecular complexity index is 1910. The number of carbonyl (C=O) groups excluding carboxylic acids is 1. The van der Waals surface area contributed by atoms with Gasteiger partial charge in [0.25, 0.3) is 5.91 Å². The third-order valence-electron chi connectivity index (χ3n) is 9.97. The van der Waals surface area contributed by atoms with Crippen molar-refractivity contribution in [3.63, 3.8) is 0 Å². The average Bonchev–Trinajstić information content (AvgIpc) is 3.78. The molecule has 3 aliphatic heterocycles. The summed E-state index contributed by atoms with van der Waals surface area (Å²) in [6.07, 6.45) is 5.82. The number of halogens is 3. The van der Waals surface area contributed by atoms with Crippen LogP contribution >= 0.6 is 23.2 Å². The van der Waals surface area contributed by atoms with E-state index in [1.54, 1.807) is 0 Å². The van der Waals surface area contributed by atoms with E-state index in [9.17, 15) is 14.4 Å². The van der Waals surface area contributed by atoms with E-state index in [4.69, 9.17) is 32.9 Å². The summed E-state index contributed by atoms with van der Waals surface area (Å²) in [6, 6.07) is 17.6. The second kappa shape index (κ2) is 12.4. The van der Waals surface area contributed by atoms with Crippen LogP contribution in [0.15, 0.2) is 60.9 Å². The molecule has 1 N–H and O–H groups in total. The minimum absolute atomic E-state index is 0.0404. The zero-order valence-corrected chi connectivity index (χ0v) is 26.9. The Hall–Kier alpha value is -3.90. The summed E-state index contributed by atoms with van der Waals surface area (Å²) in [5.41, 5.74) is 2.99. The number of hydrogen-bond donors (Lipinski definition) is 1. The van der Waals surface area contributed by atoms with Gasteiger partial charge in [0.1, 0.15) is 18.2 Å². The Kier molecular flexibility index (Phi) is 8.26. The smallest absolute Gasteiger partial charge is 0.282 e. The molecule has 0 radical (unpaired) electrons. The van der Waals surface area contributed by atoms with Crippen molar-refractivity contribution >= 4 is 56.5 Å². The summed E-state index contributed by atoms with van der Waals surface area (Å²) in [6.45, 7) is 6.53. The number of benzene rings is 3. The normalized spacial score (nSPS) is 19.0. The number of hydrogen-bond acceptors (Lipinski definition) is 6. The van der Waals surface area contributed by atoms with E-state index in [0.717, 1.165) is 67.1 Å². The fourth-order valence-electron chi connectivity index (χ4n) is 7.73. The molecule has 0 saturated carbocycles. The van der Waals surface area contributed by atoms with Gasteiger partial charge in [-0.1, -0.05) is 60.1 Å². The van der Waals surface area contributed by atoms with Gasteiger partial charge in [-0.15, -0.1) is 0 Å². The molecule has 1 amide bonds. The number of anilines is 1. The maximum Gasteiger partial charge on any atom is 0.282 e. The summed E-state index contributed by atoms with van der Waals surface area (Å²) in [5, 5.41) is 17.5. The zero-order valence-electron chi connectivity index (χ0n) is 25.4. The fourth-order valence-corrected chi connectivity index (χ4v) is 8.28. The molecule has 3 fully saturated rings. The number of nitrogens with zero attached hydrogens (tertiary/aromatic N) is 4. The molecule has 7 nitrogen and oxygen atoms in total. The van der Waals surface area contributed by atoms with Crippen LogP contribution in [-0.2, 0) is 4.79 Å². The number of likely N-dealkylation sites (tertiary alicyclic amines) is 1. The Morgan fingerprint density at radius 3 is 2.59 bits per heavy atom. The molecule has 236 valence electrons. The van der Waals surface area contributed by atoms with Gasteiger partial charge in [-0.05, 0) is 80.8 Å². The number of aromatic nitrogens is 1. The minimum atomic E-state index is -0.977. The van der Waals surface area contributed by atoms with E-state index >= 15 is 0 Å². The van der Waals surface area contributed by atoms with Gasteiger partial charge >= 0.3 is 0 Å². The van der Waals surface area contributed by atoms with Crippen molar-refractivity contribution in [1.29, 1.82) is 5.26 Å². The number of rotatable bonds is 8. The number of carbonyl (C=O) groups is 1. The van der Waals surface area contributed by atoms with Crippen molar-refractivity contribution in [2.24, 2.45) is 0 Å². The highest BCUT2D eigenvalue weighted by Crippen LogP contribution is 2.43. The van der Waals surface area contributed by atoms with E-state index in [0.29, 0.717) is 52.8 Å². The van der Waals surface area contributed by atoms with Crippen LogP contribution in [0.25, 0.3) is 32.8 Å². The summed E-state index contributed by atoms with van der Waals surface area (Å²) in [5.74, 6) is -1.42. The van der Waals surface area contributed by atoms with Crippen LogP contribution in [0.1, 0.15) is 44.1 Å². The maximum absolute atomic E-state index is 13.8. The average molecular weight is 659 g/mol. The van der Waals surface area contributed by atoms with Crippen molar-refractivity contribution in [2.75, 3.05) is 38.1 Å². The van der Waals surface area contributed by atoms with Gasteiger partial charge in [0.15, 0.2) is 5.83 Å². The second-order valence-corrected chi connectivity index (χ2v) is 13.4. The summed E-state index contributed by atoms with van der Waals surface area (Å²) < 4.78 is 20.3. The second-order valence-electron chi connectivity index (χ2n) is 12.6. The fraction of sp³-hybridized carbons (Fsp3) is 0.361. The molecule has 46 heavy (non-hydrogen) atoms. The third kappa shape index (κ3) is 5.34. The van der Waals surface area contributed by atoms with Crippen LogP contribution in [0.2, 0.25) is 10.0 Å². The van der Waals surface area contributed by atoms with Crippen LogP contribution in [-0.4, -0.2) is 65.1 Å². The summed E-state index contributed by atoms with van der Waals surface area (Å²) >= 11 is 13.7. The molecule has 3 aliphatic rings. The first-order chi connectivity index (χ1) is 22.3. The molecule has 0 unspecified atom stereocenters. The van der Waals surface area contributed by atoms with Gasteiger partial charge in [-0.3, -0.25) is 9.69 Å². The van der Waals surface area contributed by atoms with Crippen molar-refractivity contribution in [1.82, 2.24) is 14.8 Å². The van der Waals surface area contributed by atoms with Crippen LogP contribution in [0, 0.1) is 11.3 Å². The molecule has 3 aromatic carbocycles. The van der Waals surface area contributed by atoms with Crippen LogP contribution in [0.4, 0.5) is 10.1 Å². The SMILES string of the molecule is C=C(F)C(=O)N1CCC[C@H]1CNc1c(C#N)c(OCC23CCCN2CCC3)nc2cc(-c3cccc4cccc(Cl)c34)c(Cl)cc12. The largest absolute Gasteiger partial charge is 0.475 e. The van der Waals surface area contributed by atoms with Gasteiger partial charge in [0, 0.05) is 45.5 Å². The number of nitriles is 1. The van der Waals surface area contributed by atoms with E-state index in [-0.39, 0.29) is 23.0 Å². The molecule has 0 aliphatic carbocycles. The van der Waals surface area contributed by atoms with Gasteiger partial charge in [-0.2, -0.15) is 5.26 Å². The Balaban J connectivity index is 1.33. The van der Waals surface area contributed by atoms with E-state index in [1.807, 2.05) is 48.5 Å². The predicted octanol–water partition coefficient (Wildman–Crippen LogP) is 8.13. The zero-order chi connectivity index (χ0) is 32.0. The van der Waals surface area contributed by atoms with Crippen molar-refractivity contribution in [3.05, 3.63) is 76.5 Å². The van der Waals surface area contributed by atoms with Gasteiger partial charge in [-0.25, -0.2) is 9.37 Å². The van der Waals surface area contributed by atoms with E-state index in [1.165, 1.54) is 4.90 Å². The molecule has 1 aromatic heterocycles. The van der Waals surface area contributed by atoms with E-state index < -0.39 is 11.7 Å². The summed E-state index contributed by atoms with van der Waals surface area (Å²) in [7, 11) is 0. The Labute approximate surface area is 277 Å². The highest BCUT2D eigenvalue weighted by Gasteiger charge is 2.45. The number of nitrogens with one attached hydrogen (secondary N) is 1. The van der Waals surface area contributed by atoms with Crippen molar-refractivity contribution < 1.29 is 13.9 Å². The van der Waals surface area contributed by atoms with Gasteiger partial charge in [0.2, 0.25) is 5.88 Å². The Morgan fingerprint density at radius 1 is 1.09 bits per heavy atom. The maximum atomic E-state index is 13.8. The third-order valence-corrected chi connectivity index (χ3v) is 10.6. The lowest BCUT2D eigenvalue weighted by atomic mass is 9.95. The van der Waals surface area contributed by atoms with Crippen molar-refractivity contribution in [3.8, 4) is 23.1 Å². The number of pyridine rings is 1. The molecule has 0 bridgehead atoms. The summed E-state index contributed by atoms with van der Waals surface area (Å²) in [4.78, 5) is 21.4. The molecule has 7 rings (SSSR count). The minimum Gasteiger partial charge on any atom is -0.475 e. The first-order valence-electron chi connectivity index (χ1n) is 15.8. The first-order valence-corrected chi connectivity index (χ1v) is 16.6. The molecule has 3 saturated heterocycles. The lowest BCUT2D eigenvalue weighted by Gasteiger charge is -2.31. The highest BCUT2D eigenvalue weighted by atomic mass is 35.5. The van der Waals surface area contributed by atoms with Crippen LogP contribution < -0.4 is 10.1 Å². The molecular weight excluding hydrogens is 624 g/mol. The van der Waals surface area contributed by atoms with Crippen LogP contribution in [0.5, 0.6) is 5.88 Å². The standard InChI is InChI=1S/C36H34Cl2FN5O2/c1-22(39)35(45)44-16-4-9-24(44)20-41-33-27-17-30(38)26(25-10-2-7-23-8-3-11-29(37)32(23)25)18-31(27)42-34(28(33)19-40)46-21-36-12-5-14-43(36)15-6-13-36/h2-3,7-8,10-11,17-18,24H,1,4-6,9,12-16,20-21H2,(H,41,42)/t24-/m0/s1. The Morgan fingerprint density at radius 2 is 1.85 bits per heavy atom. The van der Waals surface area contributed by atoms with Crippen molar-refractivity contribution in [2.45, 2.75) is 50.1 Å². The van der Waals surface area contributed by atoms with Crippen LogP contribution in [0.3, 0.4) is 0 Å². The first kappa shape index (κ1) is 30.7. The highest BCUT2D eigenvalue weighted by molar-refractivity contribution is 6.38. The molecule has 4 heterocycles. The number of fused-ring (bicyclic) bond motifs is 3. The molecule has 1 atom stereocenters. The lowest BCUT2D eigenvalue weighted by Crippen LogP contribution is -2.43. The van der Waals surface area contributed by atoms with Gasteiger partial charge < -0.3 is 15.0 Å². The molecular formula is C36H34Cl2FN5O2. The van der Waals surface area contributed by atoms with Gasteiger partial charge in [0.05, 0.1) is 16.7 Å².